The molecular weight excluding hydrogens is 483 g/mol. The number of nitrogens with two attached hydrogens (primary N) is 1. The molecule has 1 unspecified atom stereocenters. The van der Waals surface area contributed by atoms with Crippen LogP contribution in [-0.4, -0.2) is 16.0 Å². The maximum Gasteiger partial charge on any atom is 0.219 e. The molecule has 172 valence electrons. The van der Waals surface area contributed by atoms with Crippen LogP contribution in [0.2, 0.25) is 0 Å². The Kier molecular flexibility index (Phi) is 6.06. The molecule has 2 aromatic heterocycles. The average molecular weight is 506 g/mol. The van der Waals surface area contributed by atoms with Gasteiger partial charge in [-0.1, -0.05) is 67.3 Å². The average Bonchev–Trinajstić information content (AvgIpc) is 3.49. The molecule has 0 saturated carbocycles. The number of anilines is 1. The first-order chi connectivity index (χ1) is 16.4. The predicted octanol–water partition coefficient (Wildman–Crippen LogP) is 5.83. The van der Waals surface area contributed by atoms with Crippen molar-refractivity contribution in [2.24, 2.45) is 11.1 Å². The number of thiophene rings is 1. The Balaban J connectivity index is 1.56. The molecule has 0 saturated heterocycles. The molecule has 9 heteroatoms. The van der Waals surface area contributed by atoms with Crippen molar-refractivity contribution in [3.8, 4) is 6.07 Å². The highest BCUT2D eigenvalue weighted by Gasteiger charge is 2.45. The minimum absolute atomic E-state index is 0.0656. The van der Waals surface area contributed by atoms with Crippen molar-refractivity contribution in [2.75, 3.05) is 4.90 Å². The van der Waals surface area contributed by atoms with Gasteiger partial charge in [-0.15, -0.1) is 10.2 Å². The molecule has 3 aromatic rings. The van der Waals surface area contributed by atoms with Gasteiger partial charge in [0.05, 0.1) is 17.6 Å². The fraction of sp³-hybridized carbons (Fsp3) is 0.280. The van der Waals surface area contributed by atoms with Gasteiger partial charge in [-0.3, -0.25) is 9.69 Å². The number of benzene rings is 1. The number of carbonyl (C=O) groups is 1. The maximum absolute atomic E-state index is 13.5. The van der Waals surface area contributed by atoms with Gasteiger partial charge in [0.1, 0.15) is 5.82 Å². The van der Waals surface area contributed by atoms with Crippen LogP contribution in [0.1, 0.15) is 43.7 Å². The zero-order valence-corrected chi connectivity index (χ0v) is 21.3. The topological polar surface area (TPSA) is 95.9 Å². The van der Waals surface area contributed by atoms with E-state index in [1.54, 1.807) is 28.0 Å². The molecule has 1 aliphatic heterocycles. The molecule has 2 aliphatic rings. The van der Waals surface area contributed by atoms with Gasteiger partial charge in [0, 0.05) is 23.4 Å². The van der Waals surface area contributed by atoms with Crippen LogP contribution in [0.5, 0.6) is 0 Å². The Bertz CT molecular complexity index is 1330. The third-order valence-electron chi connectivity index (χ3n) is 6.05. The molecule has 0 radical (unpaired) electrons. The van der Waals surface area contributed by atoms with Gasteiger partial charge >= 0.3 is 0 Å². The van der Waals surface area contributed by atoms with Gasteiger partial charge in [-0.25, -0.2) is 0 Å². The van der Waals surface area contributed by atoms with Gasteiger partial charge < -0.3 is 5.73 Å². The monoisotopic (exact) mass is 505 g/mol. The number of nitrogens with zero attached hydrogens (tertiary/aromatic N) is 4. The summed E-state index contributed by atoms with van der Waals surface area (Å²) in [6.45, 7) is 4.18. The molecule has 6 nitrogen and oxygen atoms in total. The first-order valence-corrected chi connectivity index (χ1v) is 13.6. The van der Waals surface area contributed by atoms with Crippen molar-refractivity contribution in [3.05, 3.63) is 80.9 Å². The SMILES string of the molecule is CC1(C)CC(=O)C2=C(C1)N(c1nnc(SCc3ccccc3)s1)C(N)=C(C#N)C2c1ccsc1. The molecule has 0 bridgehead atoms. The van der Waals surface area contributed by atoms with E-state index < -0.39 is 5.92 Å². The Morgan fingerprint density at radius 3 is 2.74 bits per heavy atom. The Morgan fingerprint density at radius 1 is 1.24 bits per heavy atom. The van der Waals surface area contributed by atoms with Gasteiger partial charge in [-0.05, 0) is 39.8 Å². The van der Waals surface area contributed by atoms with Crippen LogP contribution in [-0.2, 0) is 10.5 Å². The minimum Gasteiger partial charge on any atom is -0.384 e. The number of allylic oxidation sites excluding steroid dienone is 3. The van der Waals surface area contributed by atoms with Crippen molar-refractivity contribution in [1.29, 1.82) is 5.26 Å². The summed E-state index contributed by atoms with van der Waals surface area (Å²) in [5, 5.41) is 23.5. The van der Waals surface area contributed by atoms with Crippen LogP contribution in [0, 0.1) is 16.7 Å². The van der Waals surface area contributed by atoms with Crippen LogP contribution in [0.3, 0.4) is 0 Å². The van der Waals surface area contributed by atoms with E-state index in [4.69, 9.17) is 5.73 Å². The Morgan fingerprint density at radius 2 is 2.03 bits per heavy atom. The Labute approximate surface area is 210 Å². The zero-order valence-electron chi connectivity index (χ0n) is 18.8. The molecule has 1 atom stereocenters. The lowest BCUT2D eigenvalue weighted by molar-refractivity contribution is -0.118. The number of hydrogen-bond acceptors (Lipinski definition) is 9. The summed E-state index contributed by atoms with van der Waals surface area (Å²) >= 11 is 4.59. The fourth-order valence-electron chi connectivity index (χ4n) is 4.57. The fourth-order valence-corrected chi connectivity index (χ4v) is 7.09. The molecule has 5 rings (SSSR count). The number of hydrogen-bond donors (Lipinski definition) is 1. The first kappa shape index (κ1) is 22.8. The van der Waals surface area contributed by atoms with E-state index in [0.29, 0.717) is 34.9 Å². The minimum atomic E-state index is -0.439. The van der Waals surface area contributed by atoms with Crippen LogP contribution >= 0.6 is 34.4 Å². The van der Waals surface area contributed by atoms with E-state index >= 15 is 0 Å². The zero-order chi connectivity index (χ0) is 23.9. The number of Topliss-reactive ketones (excluding diaryl/α,β-unsaturated/α-hetero) is 1. The second kappa shape index (κ2) is 9.02. The second-order valence-electron chi connectivity index (χ2n) is 9.16. The molecule has 34 heavy (non-hydrogen) atoms. The molecule has 2 N–H and O–H groups in total. The standard InChI is InChI=1S/C25H23N5OS3/c1-25(2)10-18-21(19(31)11-25)20(16-8-9-32-14-16)17(12-26)22(27)30(18)23-28-29-24(34-23)33-13-15-6-4-3-5-7-15/h3-9,14,20H,10-11,13,27H2,1-2H3. The van der Waals surface area contributed by atoms with Gasteiger partial charge in [0.2, 0.25) is 5.13 Å². The summed E-state index contributed by atoms with van der Waals surface area (Å²) in [7, 11) is 0. The van der Waals surface area contributed by atoms with E-state index in [0.717, 1.165) is 21.4 Å². The van der Waals surface area contributed by atoms with Crippen LogP contribution in [0.4, 0.5) is 5.13 Å². The number of aromatic nitrogens is 2. The third kappa shape index (κ3) is 4.17. The summed E-state index contributed by atoms with van der Waals surface area (Å²) < 4.78 is 0.814. The molecule has 1 aromatic carbocycles. The van der Waals surface area contributed by atoms with E-state index in [9.17, 15) is 10.1 Å². The molecule has 3 heterocycles. The van der Waals surface area contributed by atoms with Crippen LogP contribution in [0.15, 0.2) is 74.2 Å². The summed E-state index contributed by atoms with van der Waals surface area (Å²) in [5.41, 5.74) is 10.5. The van der Waals surface area contributed by atoms with Crippen molar-refractivity contribution in [2.45, 2.75) is 42.7 Å². The van der Waals surface area contributed by atoms with Gasteiger partial charge in [-0.2, -0.15) is 16.6 Å². The quantitative estimate of drug-likeness (QED) is 0.436. The van der Waals surface area contributed by atoms with Crippen LogP contribution < -0.4 is 10.6 Å². The molecular formula is C25H23N5OS3. The van der Waals surface area contributed by atoms with E-state index in [1.165, 1.54) is 16.9 Å². The highest BCUT2D eigenvalue weighted by atomic mass is 32.2. The van der Waals surface area contributed by atoms with Crippen molar-refractivity contribution in [1.82, 2.24) is 10.2 Å². The van der Waals surface area contributed by atoms with E-state index in [1.807, 2.05) is 35.0 Å². The van der Waals surface area contributed by atoms with Crippen LogP contribution in [0.25, 0.3) is 0 Å². The molecule has 0 spiro atoms. The number of rotatable bonds is 5. The number of nitriles is 1. The Hall–Kier alpha value is -2.93. The second-order valence-corrected chi connectivity index (χ2v) is 12.1. The van der Waals surface area contributed by atoms with E-state index in [-0.39, 0.29) is 11.2 Å². The van der Waals surface area contributed by atoms with Crippen molar-refractivity contribution >= 4 is 45.4 Å². The molecule has 0 fully saturated rings. The summed E-state index contributed by atoms with van der Waals surface area (Å²) in [6, 6.07) is 14.5. The summed E-state index contributed by atoms with van der Waals surface area (Å²) in [6.07, 6.45) is 1.10. The van der Waals surface area contributed by atoms with Crippen molar-refractivity contribution < 1.29 is 4.79 Å². The molecule has 0 amide bonds. The highest BCUT2D eigenvalue weighted by molar-refractivity contribution is 8.00. The number of ketones is 1. The first-order valence-electron chi connectivity index (χ1n) is 10.9. The molecule has 1 aliphatic carbocycles. The van der Waals surface area contributed by atoms with Crippen molar-refractivity contribution in [3.63, 3.8) is 0 Å². The van der Waals surface area contributed by atoms with E-state index in [2.05, 4.69) is 42.2 Å². The highest BCUT2D eigenvalue weighted by Crippen LogP contribution is 2.51. The summed E-state index contributed by atoms with van der Waals surface area (Å²) in [5.74, 6) is 0.741. The lowest BCUT2D eigenvalue weighted by Gasteiger charge is -2.42. The maximum atomic E-state index is 13.5. The van der Waals surface area contributed by atoms with Gasteiger partial charge in [0.25, 0.3) is 0 Å². The third-order valence-corrected chi connectivity index (χ3v) is 8.86. The largest absolute Gasteiger partial charge is 0.384 e. The smallest absolute Gasteiger partial charge is 0.219 e. The number of thioether (sulfide) groups is 1. The lowest BCUT2D eigenvalue weighted by Crippen LogP contribution is -2.42. The lowest BCUT2D eigenvalue weighted by atomic mass is 9.69. The number of carbonyl (C=O) groups excluding carboxylic acids is 1. The summed E-state index contributed by atoms with van der Waals surface area (Å²) in [4.78, 5) is 15.3. The normalized spacial score (nSPS) is 19.9. The predicted molar refractivity (Wildman–Crippen MR) is 137 cm³/mol. The van der Waals surface area contributed by atoms with Gasteiger partial charge in [0.15, 0.2) is 10.1 Å².